The lowest BCUT2D eigenvalue weighted by molar-refractivity contribution is 0.0726. The molecule has 0 unspecified atom stereocenters. The summed E-state index contributed by atoms with van der Waals surface area (Å²) in [5.74, 6) is 1.19. The van der Waals surface area contributed by atoms with Gasteiger partial charge in [-0.05, 0) is 74.6 Å². The number of hydrogen-bond acceptors (Lipinski definition) is 7. The van der Waals surface area contributed by atoms with Crippen LogP contribution in [0, 0.1) is 0 Å². The zero-order chi connectivity index (χ0) is 31.5. The Labute approximate surface area is 266 Å². The number of fused-ring (bicyclic) bond motifs is 6. The summed E-state index contributed by atoms with van der Waals surface area (Å²) in [6.45, 7) is 1.38. The van der Waals surface area contributed by atoms with Gasteiger partial charge in [0.2, 0.25) is 0 Å². The number of nitrogens with two attached hydrogens (primary N) is 1. The third-order valence-electron chi connectivity index (χ3n) is 10.1. The number of aromatic nitrogens is 5. The van der Waals surface area contributed by atoms with E-state index in [-0.39, 0.29) is 29.9 Å². The number of hydrogen-bond donors (Lipinski definition) is 2. The molecular formula is C35H38N8O3. The van der Waals surface area contributed by atoms with E-state index in [4.69, 9.17) is 20.4 Å². The van der Waals surface area contributed by atoms with E-state index < -0.39 is 0 Å². The summed E-state index contributed by atoms with van der Waals surface area (Å²) in [5, 5.41) is 4.01. The monoisotopic (exact) mass is 618 g/mol. The van der Waals surface area contributed by atoms with Crippen LogP contribution in [0.4, 0.5) is 0 Å². The molecule has 0 radical (unpaired) electrons. The third-order valence-corrected chi connectivity index (χ3v) is 10.1. The lowest BCUT2D eigenvalue weighted by atomic mass is 9.97. The Balaban J connectivity index is 1.26. The van der Waals surface area contributed by atoms with Crippen LogP contribution in [0.5, 0.6) is 5.75 Å². The number of benzene rings is 1. The summed E-state index contributed by atoms with van der Waals surface area (Å²) < 4.78 is 10.2. The average Bonchev–Trinajstić information content (AvgIpc) is 3.82. The number of carbonyl (C=O) groups excluding carboxylic acids is 2. The highest BCUT2D eigenvalue weighted by Crippen LogP contribution is 2.40. The molecule has 7 heterocycles. The zero-order valence-corrected chi connectivity index (χ0v) is 26.2. The molecule has 3 aliphatic rings. The molecule has 2 amide bonds. The minimum absolute atomic E-state index is 0.00435. The second-order valence-corrected chi connectivity index (χ2v) is 12.8. The van der Waals surface area contributed by atoms with Crippen LogP contribution < -0.4 is 15.8 Å². The van der Waals surface area contributed by atoms with Crippen molar-refractivity contribution >= 4 is 33.9 Å². The smallest absolute Gasteiger partial charge is 0.270 e. The van der Waals surface area contributed by atoms with Gasteiger partial charge < -0.3 is 29.8 Å². The van der Waals surface area contributed by atoms with E-state index in [1.165, 1.54) is 0 Å². The molecule has 4 bridgehead atoms. The molecule has 4 aromatic heterocycles. The first-order chi connectivity index (χ1) is 22.4. The maximum atomic E-state index is 13.8. The van der Waals surface area contributed by atoms with Crippen LogP contribution in [0.3, 0.4) is 0 Å². The standard InChI is InChI=1S/C35H38N8O3/c1-41-31-26(16-21(18-29(31)46-2)35(45)43-22-10-12-27(43)24(36)19-22)40-33(41)28-17-20-9-11-25-23-8-7-14-37-30(23)34(44)38-13-5-3-4-6-15-42(28)32(20)39-25/h7-9,11,14,16-18,22,24,27H,3-6,10,12-13,15,19,36H2,1-2H3,(H,38,44)/t22-,24+,27+/m0/s1. The van der Waals surface area contributed by atoms with Gasteiger partial charge in [-0.1, -0.05) is 12.8 Å². The SMILES string of the molecule is COc1cc(C(=O)N2[C@H]3CC[C@@H]2[C@H](N)C3)cc2nc(-c3cc4ccc5nc4n3CCCCCCNC(=O)c3ncccc3-5)n(C)c12. The maximum Gasteiger partial charge on any atom is 0.270 e. The molecule has 236 valence electrons. The highest BCUT2D eigenvalue weighted by molar-refractivity contribution is 6.01. The summed E-state index contributed by atoms with van der Waals surface area (Å²) in [4.78, 5) is 43.5. The fraction of sp³-hybridized carbons (Fsp3) is 0.400. The van der Waals surface area contributed by atoms with Gasteiger partial charge in [0.1, 0.15) is 22.6 Å². The number of imidazole rings is 1. The average molecular weight is 619 g/mol. The van der Waals surface area contributed by atoms with Gasteiger partial charge in [-0.2, -0.15) is 0 Å². The molecule has 11 heteroatoms. The third kappa shape index (κ3) is 4.55. The Morgan fingerprint density at radius 1 is 1.07 bits per heavy atom. The molecule has 11 nitrogen and oxygen atoms in total. The largest absolute Gasteiger partial charge is 0.494 e. The van der Waals surface area contributed by atoms with Crippen molar-refractivity contribution in [2.24, 2.45) is 12.8 Å². The zero-order valence-electron chi connectivity index (χ0n) is 26.2. The van der Waals surface area contributed by atoms with Crippen molar-refractivity contribution < 1.29 is 14.3 Å². The number of rotatable bonds is 3. The molecule has 0 spiro atoms. The van der Waals surface area contributed by atoms with Crippen molar-refractivity contribution in [3.8, 4) is 28.5 Å². The van der Waals surface area contributed by atoms with Crippen molar-refractivity contribution in [2.45, 2.75) is 69.6 Å². The lowest BCUT2D eigenvalue weighted by Crippen LogP contribution is -2.40. The van der Waals surface area contributed by atoms with Crippen LogP contribution in [0.2, 0.25) is 0 Å². The first-order valence-corrected chi connectivity index (χ1v) is 16.3. The Kier molecular flexibility index (Phi) is 7.01. The number of carbonyl (C=O) groups is 2. The van der Waals surface area contributed by atoms with Crippen molar-refractivity contribution in [3.63, 3.8) is 0 Å². The molecule has 8 rings (SSSR count). The fourth-order valence-electron chi connectivity index (χ4n) is 7.84. The molecule has 3 atom stereocenters. The predicted molar refractivity (Wildman–Crippen MR) is 176 cm³/mol. The molecule has 3 N–H and O–H groups in total. The van der Waals surface area contributed by atoms with Gasteiger partial charge in [0.25, 0.3) is 11.8 Å². The van der Waals surface area contributed by atoms with E-state index in [1.807, 2.05) is 52.9 Å². The summed E-state index contributed by atoms with van der Waals surface area (Å²) in [5.41, 5.74) is 12.0. The molecule has 2 fully saturated rings. The summed E-state index contributed by atoms with van der Waals surface area (Å²) in [6.07, 6.45) is 8.36. The van der Waals surface area contributed by atoms with Crippen LogP contribution in [0.25, 0.3) is 44.8 Å². The Morgan fingerprint density at radius 2 is 1.93 bits per heavy atom. The molecular weight excluding hydrogens is 580 g/mol. The van der Waals surface area contributed by atoms with Crippen molar-refractivity contribution in [2.75, 3.05) is 13.7 Å². The number of nitrogens with zero attached hydrogens (tertiary/aromatic N) is 6. The van der Waals surface area contributed by atoms with Crippen molar-refractivity contribution in [1.82, 2.24) is 34.3 Å². The molecule has 3 aliphatic heterocycles. The van der Waals surface area contributed by atoms with Crippen LogP contribution in [-0.4, -0.2) is 72.6 Å². The van der Waals surface area contributed by atoms with Gasteiger partial charge in [0.15, 0.2) is 5.82 Å². The van der Waals surface area contributed by atoms with Gasteiger partial charge >= 0.3 is 0 Å². The van der Waals surface area contributed by atoms with E-state index in [1.54, 1.807) is 13.3 Å². The predicted octanol–water partition coefficient (Wildman–Crippen LogP) is 4.67. The van der Waals surface area contributed by atoms with E-state index in [0.29, 0.717) is 40.3 Å². The van der Waals surface area contributed by atoms with Gasteiger partial charge in [-0.25, -0.2) is 9.97 Å². The molecule has 5 aromatic rings. The second kappa shape index (κ2) is 11.2. The molecule has 0 aliphatic carbocycles. The van der Waals surface area contributed by atoms with E-state index >= 15 is 0 Å². The lowest BCUT2D eigenvalue weighted by Gasteiger charge is -2.23. The number of pyridine rings is 2. The van der Waals surface area contributed by atoms with Crippen molar-refractivity contribution in [1.29, 1.82) is 0 Å². The number of ether oxygens (including phenoxy) is 1. The number of aryl methyl sites for hydroxylation is 2. The minimum Gasteiger partial charge on any atom is -0.494 e. The number of amides is 2. The van der Waals surface area contributed by atoms with E-state index in [0.717, 1.165) is 79.6 Å². The van der Waals surface area contributed by atoms with Crippen LogP contribution in [0.1, 0.15) is 65.8 Å². The second-order valence-electron chi connectivity index (χ2n) is 12.8. The first kappa shape index (κ1) is 28.7. The maximum absolute atomic E-state index is 13.8. The molecule has 2 saturated heterocycles. The quantitative estimate of drug-likeness (QED) is 0.300. The summed E-state index contributed by atoms with van der Waals surface area (Å²) in [7, 11) is 3.62. The summed E-state index contributed by atoms with van der Waals surface area (Å²) >= 11 is 0. The fourth-order valence-corrected chi connectivity index (χ4v) is 7.84. The van der Waals surface area contributed by atoms with E-state index in [9.17, 15) is 9.59 Å². The van der Waals surface area contributed by atoms with Gasteiger partial charge in [0.05, 0.1) is 24.0 Å². The Hall–Kier alpha value is -4.77. The molecule has 0 saturated carbocycles. The normalized spacial score (nSPS) is 21.5. The highest BCUT2D eigenvalue weighted by Gasteiger charge is 2.47. The Morgan fingerprint density at radius 3 is 2.74 bits per heavy atom. The van der Waals surface area contributed by atoms with Crippen LogP contribution in [-0.2, 0) is 13.6 Å². The molecule has 1 aromatic carbocycles. The van der Waals surface area contributed by atoms with Gasteiger partial charge in [0, 0.05) is 61.0 Å². The van der Waals surface area contributed by atoms with Gasteiger partial charge in [-0.3, -0.25) is 14.6 Å². The topological polar surface area (TPSA) is 133 Å². The van der Waals surface area contributed by atoms with Gasteiger partial charge in [-0.15, -0.1) is 0 Å². The first-order valence-electron chi connectivity index (χ1n) is 16.3. The number of methoxy groups -OCH3 is 1. The van der Waals surface area contributed by atoms with Crippen molar-refractivity contribution in [3.05, 3.63) is 59.9 Å². The minimum atomic E-state index is -0.183. The van der Waals surface area contributed by atoms with Crippen LogP contribution in [0.15, 0.2) is 48.7 Å². The highest BCUT2D eigenvalue weighted by atomic mass is 16.5. The van der Waals surface area contributed by atoms with Crippen LogP contribution >= 0.6 is 0 Å². The Bertz CT molecular complexity index is 2010. The van der Waals surface area contributed by atoms with E-state index in [2.05, 4.69) is 20.9 Å². The number of nitrogens with one attached hydrogen (secondary N) is 1. The summed E-state index contributed by atoms with van der Waals surface area (Å²) in [6, 6.07) is 13.9. The molecule has 46 heavy (non-hydrogen) atoms.